The van der Waals surface area contributed by atoms with Gasteiger partial charge in [0, 0.05) is 30.9 Å². The first-order valence-electron chi connectivity index (χ1n) is 10.9. The summed E-state index contributed by atoms with van der Waals surface area (Å²) in [7, 11) is 1.86. The van der Waals surface area contributed by atoms with Gasteiger partial charge in [-0.15, -0.1) is 0 Å². The molecular weight excluding hydrogens is 444 g/mol. The fourth-order valence-corrected chi connectivity index (χ4v) is 3.00. The number of pyridine rings is 1. The van der Waals surface area contributed by atoms with Crippen LogP contribution in [0.3, 0.4) is 0 Å². The van der Waals surface area contributed by atoms with Gasteiger partial charge in [0.05, 0.1) is 4.92 Å². The molecule has 0 atom stereocenters. The van der Waals surface area contributed by atoms with Gasteiger partial charge in [0.15, 0.2) is 0 Å². The van der Waals surface area contributed by atoms with Gasteiger partial charge in [0.25, 0.3) is 5.69 Å². The van der Waals surface area contributed by atoms with E-state index in [0.29, 0.717) is 12.4 Å². The Labute approximate surface area is 198 Å². The molecule has 0 radical (unpaired) electrons. The molecule has 0 unspecified atom stereocenters. The van der Waals surface area contributed by atoms with Crippen molar-refractivity contribution in [2.45, 2.75) is 46.1 Å². The molecule has 2 rings (SSSR count). The summed E-state index contributed by atoms with van der Waals surface area (Å²) in [4.78, 5) is 37.0. The Hall–Kier alpha value is -3.73. The van der Waals surface area contributed by atoms with E-state index in [2.05, 4.69) is 23.7 Å². The molecule has 1 heterocycles. The molecule has 0 saturated heterocycles. The zero-order valence-corrected chi connectivity index (χ0v) is 19.7. The molecule has 0 saturated carbocycles. The number of hydrogen-bond donors (Lipinski definition) is 3. The number of phenols is 1. The van der Waals surface area contributed by atoms with Gasteiger partial charge in [-0.3, -0.25) is 15.0 Å². The van der Waals surface area contributed by atoms with Crippen molar-refractivity contribution in [3.63, 3.8) is 0 Å². The van der Waals surface area contributed by atoms with Crippen LogP contribution in [0.4, 0.5) is 17.2 Å². The third-order valence-electron chi connectivity index (χ3n) is 4.97. The number of rotatable bonds is 11. The second-order valence-corrected chi connectivity index (χ2v) is 7.60. The zero-order chi connectivity index (χ0) is 25.7. The van der Waals surface area contributed by atoms with E-state index in [9.17, 15) is 15.2 Å². The van der Waals surface area contributed by atoms with Gasteiger partial charge < -0.3 is 20.2 Å². The van der Waals surface area contributed by atoms with Crippen LogP contribution in [0.2, 0.25) is 0 Å². The first kappa shape index (κ1) is 28.3. The molecule has 0 fully saturated rings. The van der Waals surface area contributed by atoms with Crippen LogP contribution in [-0.2, 0) is 16.1 Å². The number of nitrogens with zero attached hydrogens (tertiary/aromatic N) is 4. The summed E-state index contributed by atoms with van der Waals surface area (Å²) < 4.78 is 0. The van der Waals surface area contributed by atoms with Crippen LogP contribution in [0.5, 0.6) is 5.75 Å². The second kappa shape index (κ2) is 14.4. The quantitative estimate of drug-likeness (QED) is 0.246. The number of carbonyl (C=O) groups is 2. The molecule has 186 valence electrons. The lowest BCUT2D eigenvalue weighted by Gasteiger charge is -2.24. The number of unbranched alkanes of at least 4 members (excludes halogenated alkanes) is 2. The van der Waals surface area contributed by atoms with Gasteiger partial charge in [0.1, 0.15) is 17.8 Å². The Bertz CT molecular complexity index is 931. The van der Waals surface area contributed by atoms with E-state index in [-0.39, 0.29) is 11.4 Å². The Morgan fingerprint density at radius 3 is 2.06 bits per heavy atom. The van der Waals surface area contributed by atoms with Gasteiger partial charge in [-0.1, -0.05) is 26.7 Å². The van der Waals surface area contributed by atoms with Crippen molar-refractivity contribution in [1.29, 1.82) is 0 Å². The maximum Gasteiger partial charge on any atom is 0.414 e. The molecule has 11 nitrogen and oxygen atoms in total. The largest absolute Gasteiger partial charge is 0.508 e. The zero-order valence-electron chi connectivity index (χ0n) is 19.7. The molecule has 0 spiro atoms. The lowest BCUT2D eigenvalue weighted by Crippen LogP contribution is -2.25. The Morgan fingerprint density at radius 2 is 1.62 bits per heavy atom. The minimum absolute atomic E-state index is 0.0361. The summed E-state index contributed by atoms with van der Waals surface area (Å²) in [6.45, 7) is 7.09. The molecule has 2 aromatic rings. The van der Waals surface area contributed by atoms with Crippen LogP contribution in [-0.4, -0.2) is 62.2 Å². The monoisotopic (exact) mass is 476 g/mol. The number of aromatic nitrogens is 1. The average Bonchev–Trinajstić information content (AvgIpc) is 2.81. The predicted octanol–water partition coefficient (Wildman–Crippen LogP) is 4.02. The number of carboxylic acids is 2. The van der Waals surface area contributed by atoms with Crippen molar-refractivity contribution in [1.82, 2.24) is 9.88 Å². The molecule has 0 aliphatic heterocycles. The maximum absolute atomic E-state index is 10.8. The van der Waals surface area contributed by atoms with E-state index in [1.54, 1.807) is 12.1 Å². The topological polar surface area (TPSA) is 157 Å². The summed E-state index contributed by atoms with van der Waals surface area (Å²) in [6, 6.07) is 8.55. The number of aliphatic carboxylic acids is 2. The van der Waals surface area contributed by atoms with Gasteiger partial charge in [0.2, 0.25) is 0 Å². The molecule has 1 aromatic carbocycles. The highest BCUT2D eigenvalue weighted by Crippen LogP contribution is 2.29. The minimum atomic E-state index is -1.82. The third kappa shape index (κ3) is 9.41. The van der Waals surface area contributed by atoms with Crippen molar-refractivity contribution in [3.8, 4) is 5.75 Å². The van der Waals surface area contributed by atoms with E-state index in [1.165, 1.54) is 12.3 Å². The molecule has 0 bridgehead atoms. The molecule has 0 amide bonds. The van der Waals surface area contributed by atoms with Crippen LogP contribution in [0, 0.1) is 10.1 Å². The van der Waals surface area contributed by atoms with Gasteiger partial charge in [-0.25, -0.2) is 14.6 Å². The molecule has 0 aliphatic carbocycles. The van der Waals surface area contributed by atoms with Crippen LogP contribution < -0.4 is 4.90 Å². The van der Waals surface area contributed by atoms with Crippen LogP contribution in [0.15, 0.2) is 36.5 Å². The number of anilines is 2. The van der Waals surface area contributed by atoms with E-state index in [4.69, 9.17) is 19.8 Å². The number of phenolic OH excluding ortho intramolecular Hbond substituents is 1. The smallest absolute Gasteiger partial charge is 0.414 e. The van der Waals surface area contributed by atoms with Gasteiger partial charge in [-0.05, 0) is 50.2 Å². The highest BCUT2D eigenvalue weighted by molar-refractivity contribution is 6.27. The number of benzene rings is 1. The summed E-state index contributed by atoms with van der Waals surface area (Å²) >= 11 is 0. The molecular formula is C23H32N4O7. The number of hydrogen-bond acceptors (Lipinski definition) is 8. The van der Waals surface area contributed by atoms with E-state index >= 15 is 0 Å². The average molecular weight is 477 g/mol. The van der Waals surface area contributed by atoms with E-state index in [1.807, 2.05) is 24.1 Å². The second-order valence-electron chi connectivity index (χ2n) is 7.60. The maximum atomic E-state index is 10.8. The minimum Gasteiger partial charge on any atom is -0.508 e. The highest BCUT2D eigenvalue weighted by Gasteiger charge is 2.14. The number of carboxylic acid groups (broad SMARTS) is 2. The van der Waals surface area contributed by atoms with Crippen molar-refractivity contribution < 1.29 is 29.8 Å². The summed E-state index contributed by atoms with van der Waals surface area (Å²) in [5, 5.41) is 35.9. The SMILES string of the molecule is CCCCN(CCCC)Cc1cc(N(C)c2ccc([N+](=O)[O-])cn2)ccc1O.O=C(O)C(=O)O. The lowest BCUT2D eigenvalue weighted by atomic mass is 10.1. The highest BCUT2D eigenvalue weighted by atomic mass is 16.6. The van der Waals surface area contributed by atoms with E-state index < -0.39 is 16.9 Å². The van der Waals surface area contributed by atoms with Crippen LogP contribution >= 0.6 is 0 Å². The van der Waals surface area contributed by atoms with Crippen LogP contribution in [0.25, 0.3) is 0 Å². The summed E-state index contributed by atoms with van der Waals surface area (Å²) in [5.41, 5.74) is 1.71. The fraction of sp³-hybridized carbons (Fsp3) is 0.435. The molecule has 1 aromatic heterocycles. The van der Waals surface area contributed by atoms with Crippen molar-refractivity contribution in [2.24, 2.45) is 0 Å². The Morgan fingerprint density at radius 1 is 1.03 bits per heavy atom. The van der Waals surface area contributed by atoms with Crippen LogP contribution in [0.1, 0.15) is 45.1 Å². The van der Waals surface area contributed by atoms with Gasteiger partial charge >= 0.3 is 11.9 Å². The first-order valence-corrected chi connectivity index (χ1v) is 10.9. The predicted molar refractivity (Wildman–Crippen MR) is 127 cm³/mol. The fourth-order valence-electron chi connectivity index (χ4n) is 3.00. The van der Waals surface area contributed by atoms with Crippen molar-refractivity contribution >= 4 is 29.1 Å². The number of aromatic hydroxyl groups is 1. The molecule has 0 aliphatic rings. The Kier molecular flexibility index (Phi) is 12.0. The van der Waals surface area contributed by atoms with Crippen molar-refractivity contribution in [2.75, 3.05) is 25.0 Å². The first-order chi connectivity index (χ1) is 16.1. The third-order valence-corrected chi connectivity index (χ3v) is 4.97. The molecule has 34 heavy (non-hydrogen) atoms. The van der Waals surface area contributed by atoms with Gasteiger partial charge in [-0.2, -0.15) is 0 Å². The number of nitro groups is 1. The lowest BCUT2D eigenvalue weighted by molar-refractivity contribution is -0.385. The molecule has 11 heteroatoms. The summed E-state index contributed by atoms with van der Waals surface area (Å²) in [6.07, 6.45) is 5.81. The van der Waals surface area contributed by atoms with Crippen molar-refractivity contribution in [3.05, 3.63) is 52.2 Å². The normalized spacial score (nSPS) is 10.4. The standard InChI is InChI=1S/C21H30N4O3.C2H2O4/c1-4-6-12-24(13-7-5-2)16-17-14-18(8-10-20(17)26)23(3)21-11-9-19(15-22-21)25(27)28;3-1(4)2(5)6/h8-11,14-15,26H,4-7,12-13,16H2,1-3H3;(H,3,4)(H,5,6). The Balaban J connectivity index is 0.000000852. The molecule has 3 N–H and O–H groups in total. The van der Waals surface area contributed by atoms with E-state index in [0.717, 1.165) is 50.0 Å². The summed E-state index contributed by atoms with van der Waals surface area (Å²) in [5.74, 6) is -2.76.